The van der Waals surface area contributed by atoms with Crippen LogP contribution in [0.2, 0.25) is 0 Å². The Balaban J connectivity index is 1.70. The fraction of sp³-hybridized carbons (Fsp3) is 0.755. The van der Waals surface area contributed by atoms with Crippen molar-refractivity contribution in [3.8, 4) is 0 Å². The van der Waals surface area contributed by atoms with Crippen molar-refractivity contribution in [2.24, 2.45) is 47.3 Å². The second-order valence-electron chi connectivity index (χ2n) is 20.9. The summed E-state index contributed by atoms with van der Waals surface area (Å²) >= 11 is 0. The Kier molecular flexibility index (Phi) is 20.6. The average Bonchev–Trinajstić information content (AvgIpc) is 3.26. The zero-order valence-corrected chi connectivity index (χ0v) is 41.4. The number of fused-ring (bicyclic) bond motifs is 3. The van der Waals surface area contributed by atoms with Gasteiger partial charge in [-0.05, 0) is 127 Å². The van der Waals surface area contributed by atoms with Gasteiger partial charge in [-0.2, -0.15) is 0 Å². The van der Waals surface area contributed by atoms with Crippen molar-refractivity contribution in [3.05, 3.63) is 47.6 Å². The van der Waals surface area contributed by atoms with Crippen LogP contribution < -0.4 is 0 Å². The molecule has 3 fully saturated rings. The highest BCUT2D eigenvalue weighted by Gasteiger charge is 2.53. The number of hydrogen-bond acceptors (Lipinski definition) is 11. The Morgan fingerprint density at radius 3 is 2.23 bits per heavy atom. The summed E-state index contributed by atoms with van der Waals surface area (Å²) in [5.41, 5.74) is 1.42. The third kappa shape index (κ3) is 14.8. The lowest BCUT2D eigenvalue weighted by Gasteiger charge is -2.43. The van der Waals surface area contributed by atoms with Crippen molar-refractivity contribution in [2.75, 3.05) is 6.54 Å². The van der Waals surface area contributed by atoms with E-state index in [0.717, 1.165) is 18.4 Å². The molecule has 4 aliphatic rings. The van der Waals surface area contributed by atoms with E-state index < -0.39 is 71.7 Å². The number of aliphatic hydroxyl groups is 3. The number of carbonyl (C=O) groups excluding carboxylic acids is 5. The minimum Gasteiger partial charge on any atom is -0.460 e. The molecule has 15 atom stereocenters. The monoisotopic (exact) mass is 910 g/mol. The molecule has 0 radical (unpaired) electrons. The number of rotatable bonds is 5. The van der Waals surface area contributed by atoms with Gasteiger partial charge in [-0.15, -0.1) is 0 Å². The van der Waals surface area contributed by atoms with Crippen molar-refractivity contribution < 1.29 is 53.5 Å². The van der Waals surface area contributed by atoms with Gasteiger partial charge in [0, 0.05) is 43.1 Å². The van der Waals surface area contributed by atoms with Crippen LogP contribution in [-0.2, 0) is 38.2 Å². The molecule has 366 valence electrons. The summed E-state index contributed by atoms with van der Waals surface area (Å²) in [6.07, 6.45) is 14.1. The Morgan fingerprint density at radius 1 is 0.846 bits per heavy atom. The zero-order chi connectivity index (χ0) is 48.3. The number of Topliss-reactive ketones (excluding diaryl/α,β-unsaturated/α-hetero) is 3. The Labute approximate surface area is 389 Å². The summed E-state index contributed by atoms with van der Waals surface area (Å²) < 4.78 is 18.8. The molecule has 3 heterocycles. The van der Waals surface area contributed by atoms with E-state index in [9.17, 15) is 39.3 Å². The average molecular weight is 910 g/mol. The number of hydrogen-bond donors (Lipinski definition) is 3. The highest BCUT2D eigenvalue weighted by molar-refractivity contribution is 6.39. The van der Waals surface area contributed by atoms with Gasteiger partial charge < -0.3 is 34.4 Å². The predicted octanol–water partition coefficient (Wildman–Crippen LogP) is 8.20. The number of ketones is 3. The predicted molar refractivity (Wildman–Crippen MR) is 251 cm³/mol. The van der Waals surface area contributed by atoms with E-state index in [4.69, 9.17) is 14.2 Å². The fourth-order valence-electron chi connectivity index (χ4n) is 10.4. The van der Waals surface area contributed by atoms with Crippen molar-refractivity contribution in [1.29, 1.82) is 0 Å². The highest BCUT2D eigenvalue weighted by Crippen LogP contribution is 2.38. The van der Waals surface area contributed by atoms with Crippen LogP contribution in [0.25, 0.3) is 0 Å². The molecular formula is C53H83NO11. The van der Waals surface area contributed by atoms with E-state index in [1.54, 1.807) is 33.8 Å². The van der Waals surface area contributed by atoms with Crippen LogP contribution in [0, 0.1) is 47.3 Å². The molecule has 2 bridgehead atoms. The molecule has 1 aliphatic carbocycles. The van der Waals surface area contributed by atoms with Crippen molar-refractivity contribution in [1.82, 2.24) is 4.90 Å². The smallest absolute Gasteiger partial charge is 0.329 e. The number of nitrogens with zero attached hydrogens (tertiary/aromatic N) is 1. The summed E-state index contributed by atoms with van der Waals surface area (Å²) in [7, 11) is 0. The third-order valence-corrected chi connectivity index (χ3v) is 14.8. The summed E-state index contributed by atoms with van der Waals surface area (Å²) in [4.78, 5) is 71.8. The molecule has 1 amide bonds. The summed E-state index contributed by atoms with van der Waals surface area (Å²) in [5.74, 6) is -7.72. The van der Waals surface area contributed by atoms with E-state index in [2.05, 4.69) is 0 Å². The number of aliphatic hydroxyl groups excluding tert-OH is 2. The molecule has 65 heavy (non-hydrogen) atoms. The van der Waals surface area contributed by atoms with Crippen LogP contribution in [-0.4, -0.2) is 104 Å². The van der Waals surface area contributed by atoms with E-state index in [1.165, 1.54) is 4.90 Å². The van der Waals surface area contributed by atoms with Gasteiger partial charge in [0.25, 0.3) is 11.7 Å². The quantitative estimate of drug-likeness (QED) is 0.138. The lowest BCUT2D eigenvalue weighted by molar-refractivity contribution is -0.266. The fourth-order valence-corrected chi connectivity index (χ4v) is 10.4. The SMILES string of the molecule is C\C1=C/C=C/C=C/[C@@H](C)C[C@@H](C)C(=O)[C@H](C)[C@H](O)/C(C)=C/[C@@H](C)C(=O)CC([C@H](C)CC2CC[C@@H](O)[C@H](C)C2)OC(=O)[C@@H]2CCCCN2C(=O)C(=O)[C@]2(O)O[C@@H](CC[C@H]2C)C[C@@H]1OC(C)C. The van der Waals surface area contributed by atoms with Gasteiger partial charge in [0.05, 0.1) is 30.5 Å². The molecule has 0 aromatic rings. The van der Waals surface area contributed by atoms with E-state index in [1.807, 2.05) is 78.8 Å². The lowest BCUT2D eigenvalue weighted by Crippen LogP contribution is -2.61. The molecule has 12 heteroatoms. The molecule has 0 aromatic heterocycles. The number of cyclic esters (lactones) is 1. The molecular weight excluding hydrogens is 827 g/mol. The van der Waals surface area contributed by atoms with Gasteiger partial charge >= 0.3 is 5.97 Å². The number of carbonyl (C=O) groups is 5. The molecule has 3 aliphatic heterocycles. The van der Waals surface area contributed by atoms with E-state index in [-0.39, 0.29) is 72.8 Å². The van der Waals surface area contributed by atoms with Crippen LogP contribution >= 0.6 is 0 Å². The van der Waals surface area contributed by atoms with Crippen molar-refractivity contribution >= 4 is 29.2 Å². The minimum absolute atomic E-state index is 0.0594. The maximum Gasteiger partial charge on any atom is 0.329 e. The lowest BCUT2D eigenvalue weighted by atomic mass is 9.75. The first-order chi connectivity index (χ1) is 30.5. The molecule has 1 saturated carbocycles. The van der Waals surface area contributed by atoms with Gasteiger partial charge in [0.1, 0.15) is 23.7 Å². The standard InChI is InChI=1S/C53H83NO11/c1-31(2)63-46-29-42-22-20-39(10)53(62,65-42)50(59)51(60)54-24-16-15-19-43(54)52(61)64-47(36(7)28-41-21-23-44(55)35(6)27-41)30-45(56)34(5)26-38(9)49(58)40(11)48(57)37(8)25-32(3)17-13-12-14-18-33(46)4/h12-14,17-18,26,31-32,34-37,39-44,46-47,49,55,58,62H,15-16,19-25,27-30H2,1-11H3/b14-12+,17-13+,33-18+,38-26+/t32-,34-,35-,36-,37-,39-,40+,41?,42+,43+,44-,46+,47?,49-,53-/m1/s1. The first-order valence-corrected chi connectivity index (χ1v) is 24.8. The summed E-state index contributed by atoms with van der Waals surface area (Å²) in [6, 6.07) is -1.11. The Morgan fingerprint density at radius 2 is 1.55 bits per heavy atom. The molecule has 2 saturated heterocycles. The van der Waals surface area contributed by atoms with E-state index >= 15 is 0 Å². The van der Waals surface area contributed by atoms with Gasteiger partial charge in [0.15, 0.2) is 0 Å². The second kappa shape index (κ2) is 24.6. The molecule has 4 rings (SSSR count). The summed E-state index contributed by atoms with van der Waals surface area (Å²) in [6.45, 7) is 20.7. The normalized spacial score (nSPS) is 40.5. The number of amides is 1. The molecule has 2 unspecified atom stereocenters. The molecule has 0 aromatic carbocycles. The Hall–Kier alpha value is -3.29. The third-order valence-electron chi connectivity index (χ3n) is 14.8. The van der Waals surface area contributed by atoms with Gasteiger partial charge in [-0.25, -0.2) is 4.79 Å². The van der Waals surface area contributed by atoms with Gasteiger partial charge in [0.2, 0.25) is 5.79 Å². The Bertz CT molecular complexity index is 1770. The van der Waals surface area contributed by atoms with Crippen LogP contribution in [0.4, 0.5) is 0 Å². The van der Waals surface area contributed by atoms with Gasteiger partial charge in [-0.3, -0.25) is 19.2 Å². The van der Waals surface area contributed by atoms with Crippen LogP contribution in [0.3, 0.4) is 0 Å². The first kappa shape index (κ1) is 54.3. The largest absolute Gasteiger partial charge is 0.460 e. The van der Waals surface area contributed by atoms with Crippen LogP contribution in [0.15, 0.2) is 47.6 Å². The van der Waals surface area contributed by atoms with Crippen molar-refractivity contribution in [2.45, 2.75) is 202 Å². The van der Waals surface area contributed by atoms with Crippen LogP contribution in [0.1, 0.15) is 153 Å². The molecule has 3 N–H and O–H groups in total. The minimum atomic E-state index is -2.42. The topological polar surface area (TPSA) is 177 Å². The highest BCUT2D eigenvalue weighted by atomic mass is 16.6. The van der Waals surface area contributed by atoms with Gasteiger partial charge in [-0.1, -0.05) is 84.9 Å². The van der Waals surface area contributed by atoms with E-state index in [0.29, 0.717) is 56.9 Å². The number of piperidine rings is 1. The van der Waals surface area contributed by atoms with Crippen LogP contribution in [0.5, 0.6) is 0 Å². The number of allylic oxidation sites excluding steroid dienone is 6. The first-order valence-electron chi connectivity index (χ1n) is 24.8. The zero-order valence-electron chi connectivity index (χ0n) is 41.4. The number of ether oxygens (including phenoxy) is 3. The maximum absolute atomic E-state index is 14.4. The number of esters is 1. The summed E-state index contributed by atoms with van der Waals surface area (Å²) in [5, 5.41) is 33.8. The van der Waals surface area contributed by atoms with Crippen molar-refractivity contribution in [3.63, 3.8) is 0 Å². The second-order valence-corrected chi connectivity index (χ2v) is 20.9. The maximum atomic E-state index is 14.4. The molecule has 0 spiro atoms. The molecule has 12 nitrogen and oxygen atoms in total.